The fraction of sp³-hybridized carbons (Fsp3) is 0.125. The molecule has 0 N–H and O–H groups in total. The zero-order valence-corrected chi connectivity index (χ0v) is 7.24. The van der Waals surface area contributed by atoms with Gasteiger partial charge >= 0.3 is 0 Å². The van der Waals surface area contributed by atoms with Crippen molar-refractivity contribution in [1.82, 2.24) is 24.7 Å². The SMILES string of the molecule is O=Cc1ncnn1Cc1cncnc1. The summed E-state index contributed by atoms with van der Waals surface area (Å²) < 4.78 is 1.49. The van der Waals surface area contributed by atoms with Gasteiger partial charge in [-0.3, -0.25) is 4.79 Å². The van der Waals surface area contributed by atoms with Crippen LogP contribution in [-0.2, 0) is 6.54 Å². The highest BCUT2D eigenvalue weighted by Crippen LogP contribution is 1.98. The Bertz CT molecular complexity index is 424. The fourth-order valence-corrected chi connectivity index (χ4v) is 1.07. The molecule has 0 saturated heterocycles. The van der Waals surface area contributed by atoms with E-state index in [1.807, 2.05) is 0 Å². The number of nitrogens with zero attached hydrogens (tertiary/aromatic N) is 5. The maximum Gasteiger partial charge on any atom is 0.191 e. The molecule has 2 heterocycles. The number of aldehydes is 1. The monoisotopic (exact) mass is 189 g/mol. The minimum absolute atomic E-state index is 0.300. The summed E-state index contributed by atoms with van der Waals surface area (Å²) in [5.74, 6) is 0.300. The fourth-order valence-electron chi connectivity index (χ4n) is 1.07. The van der Waals surface area contributed by atoms with Crippen LogP contribution in [0.5, 0.6) is 0 Å². The van der Waals surface area contributed by atoms with E-state index < -0.39 is 0 Å². The lowest BCUT2D eigenvalue weighted by molar-refractivity contribution is 0.111. The Hall–Kier alpha value is -2.11. The van der Waals surface area contributed by atoms with Gasteiger partial charge in [0.05, 0.1) is 6.54 Å². The van der Waals surface area contributed by atoms with E-state index in [2.05, 4.69) is 20.1 Å². The molecule has 2 rings (SSSR count). The third-order valence-corrected chi connectivity index (χ3v) is 1.70. The van der Waals surface area contributed by atoms with E-state index in [0.29, 0.717) is 18.7 Å². The normalized spacial score (nSPS) is 10.0. The topological polar surface area (TPSA) is 73.6 Å². The molecule has 6 heteroatoms. The van der Waals surface area contributed by atoms with Crippen LogP contribution < -0.4 is 0 Å². The molecule has 0 aromatic carbocycles. The molecule has 2 aromatic rings. The highest BCUT2D eigenvalue weighted by molar-refractivity contribution is 5.68. The number of aromatic nitrogens is 5. The van der Waals surface area contributed by atoms with Crippen molar-refractivity contribution in [3.63, 3.8) is 0 Å². The van der Waals surface area contributed by atoms with Crippen molar-refractivity contribution in [3.05, 3.63) is 36.4 Å². The minimum atomic E-state index is 0.300. The van der Waals surface area contributed by atoms with E-state index in [9.17, 15) is 4.79 Å². The second-order valence-corrected chi connectivity index (χ2v) is 2.64. The van der Waals surface area contributed by atoms with E-state index in [1.54, 1.807) is 12.4 Å². The highest BCUT2D eigenvalue weighted by Gasteiger charge is 2.02. The summed E-state index contributed by atoms with van der Waals surface area (Å²) in [6.07, 6.45) is 6.79. The molecule has 6 nitrogen and oxygen atoms in total. The number of hydrogen-bond acceptors (Lipinski definition) is 5. The van der Waals surface area contributed by atoms with Crippen LogP contribution in [0.25, 0.3) is 0 Å². The van der Waals surface area contributed by atoms with Crippen molar-refractivity contribution in [2.45, 2.75) is 6.54 Å². The van der Waals surface area contributed by atoms with Gasteiger partial charge in [-0.05, 0) is 0 Å². The molecule has 0 atom stereocenters. The van der Waals surface area contributed by atoms with Gasteiger partial charge in [-0.25, -0.2) is 19.6 Å². The van der Waals surface area contributed by atoms with Gasteiger partial charge < -0.3 is 0 Å². The molecule has 0 radical (unpaired) electrons. The first kappa shape index (κ1) is 8.49. The molecule has 0 aliphatic rings. The van der Waals surface area contributed by atoms with Crippen LogP contribution in [0.1, 0.15) is 16.2 Å². The van der Waals surface area contributed by atoms with Crippen LogP contribution in [0.3, 0.4) is 0 Å². The number of carbonyl (C=O) groups excluding carboxylic acids is 1. The van der Waals surface area contributed by atoms with Gasteiger partial charge in [0.1, 0.15) is 12.7 Å². The second-order valence-electron chi connectivity index (χ2n) is 2.64. The Morgan fingerprint density at radius 3 is 2.79 bits per heavy atom. The highest BCUT2D eigenvalue weighted by atomic mass is 16.1. The van der Waals surface area contributed by atoms with Crippen LogP contribution >= 0.6 is 0 Å². The van der Waals surface area contributed by atoms with Gasteiger partial charge in [-0.2, -0.15) is 5.10 Å². The first-order valence-electron chi connectivity index (χ1n) is 3.97. The predicted molar refractivity (Wildman–Crippen MR) is 46.5 cm³/mol. The molecular formula is C8H7N5O. The van der Waals surface area contributed by atoms with Crippen molar-refractivity contribution in [3.8, 4) is 0 Å². The minimum Gasteiger partial charge on any atom is -0.294 e. The Morgan fingerprint density at radius 1 is 1.29 bits per heavy atom. The van der Waals surface area contributed by atoms with E-state index in [-0.39, 0.29) is 0 Å². The Balaban J connectivity index is 2.23. The summed E-state index contributed by atoms with van der Waals surface area (Å²) in [7, 11) is 0. The molecule has 2 aromatic heterocycles. The number of rotatable bonds is 3. The van der Waals surface area contributed by atoms with Crippen LogP contribution in [0.4, 0.5) is 0 Å². The van der Waals surface area contributed by atoms with E-state index >= 15 is 0 Å². The second kappa shape index (κ2) is 3.73. The van der Waals surface area contributed by atoms with Crippen molar-refractivity contribution >= 4 is 6.29 Å². The van der Waals surface area contributed by atoms with Gasteiger partial charge in [-0.15, -0.1) is 0 Å². The molecule has 0 aliphatic carbocycles. The maximum absolute atomic E-state index is 10.5. The molecule has 0 saturated carbocycles. The molecule has 0 unspecified atom stereocenters. The maximum atomic E-state index is 10.5. The van der Waals surface area contributed by atoms with Crippen molar-refractivity contribution in [2.75, 3.05) is 0 Å². The lowest BCUT2D eigenvalue weighted by Crippen LogP contribution is -2.06. The van der Waals surface area contributed by atoms with Crippen molar-refractivity contribution in [1.29, 1.82) is 0 Å². The Kier molecular flexibility index (Phi) is 2.26. The summed E-state index contributed by atoms with van der Waals surface area (Å²) in [5.41, 5.74) is 0.876. The van der Waals surface area contributed by atoms with Gasteiger partial charge in [0.2, 0.25) is 0 Å². The molecule has 0 amide bonds. The standard InChI is InChI=1S/C8H7N5O/c14-4-8-11-6-12-13(8)3-7-1-9-5-10-2-7/h1-2,4-6H,3H2. The van der Waals surface area contributed by atoms with Crippen molar-refractivity contribution in [2.24, 2.45) is 0 Å². The first-order valence-corrected chi connectivity index (χ1v) is 3.97. The molecule has 0 aliphatic heterocycles. The van der Waals surface area contributed by atoms with Crippen LogP contribution in [0.15, 0.2) is 25.0 Å². The van der Waals surface area contributed by atoms with E-state index in [0.717, 1.165) is 5.56 Å². The number of hydrogen-bond donors (Lipinski definition) is 0. The molecule has 0 fully saturated rings. The largest absolute Gasteiger partial charge is 0.294 e. The van der Waals surface area contributed by atoms with Crippen LogP contribution in [0.2, 0.25) is 0 Å². The van der Waals surface area contributed by atoms with Gasteiger partial charge in [0.15, 0.2) is 12.1 Å². The summed E-state index contributed by atoms with van der Waals surface area (Å²) >= 11 is 0. The smallest absolute Gasteiger partial charge is 0.191 e. The van der Waals surface area contributed by atoms with Crippen molar-refractivity contribution < 1.29 is 4.79 Å². The Labute approximate surface area is 79.6 Å². The summed E-state index contributed by atoms with van der Waals surface area (Å²) in [4.78, 5) is 22.0. The molecule has 0 spiro atoms. The van der Waals surface area contributed by atoms with Crippen LogP contribution in [0, 0.1) is 0 Å². The lowest BCUT2D eigenvalue weighted by atomic mass is 10.3. The molecule has 70 valence electrons. The summed E-state index contributed by atoms with van der Waals surface area (Å²) in [6, 6.07) is 0. The Morgan fingerprint density at radius 2 is 2.07 bits per heavy atom. The van der Waals surface area contributed by atoms with Crippen LogP contribution in [-0.4, -0.2) is 31.0 Å². The zero-order chi connectivity index (χ0) is 9.80. The predicted octanol–water partition coefficient (Wildman–Crippen LogP) is -0.0711. The third kappa shape index (κ3) is 1.63. The molecule has 14 heavy (non-hydrogen) atoms. The third-order valence-electron chi connectivity index (χ3n) is 1.70. The average molecular weight is 189 g/mol. The molecular weight excluding hydrogens is 182 g/mol. The van der Waals surface area contributed by atoms with Gasteiger partial charge in [0.25, 0.3) is 0 Å². The zero-order valence-electron chi connectivity index (χ0n) is 7.24. The average Bonchev–Trinajstić information content (AvgIpc) is 2.67. The van der Waals surface area contributed by atoms with E-state index in [1.165, 1.54) is 17.3 Å². The van der Waals surface area contributed by atoms with Gasteiger partial charge in [0, 0.05) is 18.0 Å². The quantitative estimate of drug-likeness (QED) is 0.632. The van der Waals surface area contributed by atoms with E-state index in [4.69, 9.17) is 0 Å². The molecule has 0 bridgehead atoms. The summed E-state index contributed by atoms with van der Waals surface area (Å²) in [5, 5.41) is 3.90. The number of carbonyl (C=O) groups is 1. The first-order chi connectivity index (χ1) is 6.90. The summed E-state index contributed by atoms with van der Waals surface area (Å²) in [6.45, 7) is 0.453. The van der Waals surface area contributed by atoms with Gasteiger partial charge in [-0.1, -0.05) is 0 Å². The lowest BCUT2D eigenvalue weighted by Gasteiger charge is -2.00.